The monoisotopic (exact) mass is 379 g/mol. The van der Waals surface area contributed by atoms with Gasteiger partial charge in [0, 0.05) is 0 Å². The normalized spacial score (nSPS) is 16.1. The van der Waals surface area contributed by atoms with Crippen LogP contribution in [-0.4, -0.2) is 19.6 Å². The maximum atomic E-state index is 12.9. The predicted molar refractivity (Wildman–Crippen MR) is 89.8 cm³/mol. The van der Waals surface area contributed by atoms with Crippen molar-refractivity contribution in [3.8, 4) is 5.75 Å². The summed E-state index contributed by atoms with van der Waals surface area (Å²) in [4.78, 5) is 22.7. The van der Waals surface area contributed by atoms with Crippen molar-refractivity contribution in [2.75, 3.05) is 0 Å². The molecule has 1 fully saturated rings. The Hall–Kier alpha value is -2.65. The van der Waals surface area contributed by atoms with E-state index in [0.717, 1.165) is 36.0 Å². The topological polar surface area (TPSA) is 89.5 Å². The van der Waals surface area contributed by atoms with Crippen molar-refractivity contribution in [1.82, 2.24) is 5.32 Å². The number of rotatable bonds is 4. The van der Waals surface area contributed by atoms with Crippen LogP contribution in [0.1, 0.15) is 5.56 Å². The molecule has 0 aromatic heterocycles. The average molecular weight is 379 g/mol. The quantitative estimate of drug-likeness (QED) is 0.649. The minimum Gasteiger partial charge on any atom is -0.379 e. The number of amides is 2. The number of halogens is 1. The Morgan fingerprint density at radius 3 is 2.20 bits per heavy atom. The van der Waals surface area contributed by atoms with Crippen molar-refractivity contribution in [3.05, 3.63) is 64.8 Å². The van der Waals surface area contributed by atoms with Crippen LogP contribution in [0, 0.1) is 5.82 Å². The molecule has 1 aliphatic rings. The second kappa shape index (κ2) is 6.69. The molecule has 0 aliphatic carbocycles. The van der Waals surface area contributed by atoms with Gasteiger partial charge in [0.2, 0.25) is 0 Å². The van der Waals surface area contributed by atoms with Gasteiger partial charge in [-0.15, -0.1) is 0 Å². The number of benzene rings is 2. The molecule has 0 radical (unpaired) electrons. The largest absolute Gasteiger partial charge is 0.379 e. The molecule has 1 aliphatic heterocycles. The molecule has 2 amide bonds. The van der Waals surface area contributed by atoms with E-state index in [1.54, 1.807) is 12.1 Å². The first-order valence-electron chi connectivity index (χ1n) is 6.88. The molecule has 0 saturated carbocycles. The van der Waals surface area contributed by atoms with E-state index < -0.39 is 27.1 Å². The van der Waals surface area contributed by atoms with Crippen molar-refractivity contribution < 1.29 is 26.6 Å². The van der Waals surface area contributed by atoms with Gasteiger partial charge in [-0.1, -0.05) is 12.1 Å². The van der Waals surface area contributed by atoms with Crippen LogP contribution in [0.2, 0.25) is 0 Å². The Balaban J connectivity index is 1.77. The number of carbonyl (C=O) groups is 2. The molecule has 1 heterocycles. The third kappa shape index (κ3) is 4.06. The summed E-state index contributed by atoms with van der Waals surface area (Å²) in [6.45, 7) is 0. The first kappa shape index (κ1) is 17.2. The molecule has 25 heavy (non-hydrogen) atoms. The number of hydrogen-bond acceptors (Lipinski definition) is 6. The van der Waals surface area contributed by atoms with Gasteiger partial charge in [0.15, 0.2) is 0 Å². The van der Waals surface area contributed by atoms with Crippen LogP contribution in [0.5, 0.6) is 5.75 Å². The number of carbonyl (C=O) groups excluding carboxylic acids is 2. The van der Waals surface area contributed by atoms with E-state index in [-0.39, 0.29) is 15.6 Å². The third-order valence-corrected chi connectivity index (χ3v) is 5.20. The molecule has 0 bridgehead atoms. The molecule has 0 atom stereocenters. The summed E-state index contributed by atoms with van der Waals surface area (Å²) in [5, 5.41) is 1.69. The molecule has 0 spiro atoms. The summed E-state index contributed by atoms with van der Waals surface area (Å²) in [7, 11) is -4.08. The summed E-state index contributed by atoms with van der Waals surface area (Å²) in [6, 6.07) is 10.2. The lowest BCUT2D eigenvalue weighted by molar-refractivity contribution is -0.115. The van der Waals surface area contributed by atoms with Gasteiger partial charge < -0.3 is 4.18 Å². The lowest BCUT2D eigenvalue weighted by Crippen LogP contribution is -2.17. The molecule has 0 unspecified atom stereocenters. The fourth-order valence-electron chi connectivity index (χ4n) is 1.97. The molecule has 1 saturated heterocycles. The summed E-state index contributed by atoms with van der Waals surface area (Å²) in [5.74, 6) is -0.969. The molecule has 2 aromatic carbocycles. The summed E-state index contributed by atoms with van der Waals surface area (Å²) >= 11 is 0.785. The molecule has 6 nitrogen and oxygen atoms in total. The Morgan fingerprint density at radius 1 is 1.00 bits per heavy atom. The highest BCUT2D eigenvalue weighted by Crippen LogP contribution is 2.26. The summed E-state index contributed by atoms with van der Waals surface area (Å²) in [5.41, 5.74) is 0.596. The third-order valence-electron chi connectivity index (χ3n) is 3.13. The molecule has 128 valence electrons. The van der Waals surface area contributed by atoms with Gasteiger partial charge in [-0.25, -0.2) is 4.39 Å². The van der Waals surface area contributed by atoms with E-state index in [2.05, 4.69) is 5.32 Å². The molecule has 9 heteroatoms. The second-order valence-electron chi connectivity index (χ2n) is 4.91. The van der Waals surface area contributed by atoms with Crippen LogP contribution in [0.4, 0.5) is 9.18 Å². The molecule has 1 N–H and O–H groups in total. The van der Waals surface area contributed by atoms with Gasteiger partial charge in [-0.05, 0) is 59.8 Å². The Labute approximate surface area is 146 Å². The number of thioether (sulfide) groups is 1. The van der Waals surface area contributed by atoms with Crippen LogP contribution in [0.25, 0.3) is 6.08 Å². The minimum atomic E-state index is -4.08. The van der Waals surface area contributed by atoms with E-state index in [1.807, 2.05) is 0 Å². The van der Waals surface area contributed by atoms with Crippen molar-refractivity contribution >= 4 is 39.1 Å². The Morgan fingerprint density at radius 2 is 1.64 bits per heavy atom. The van der Waals surface area contributed by atoms with Gasteiger partial charge in [-0.2, -0.15) is 8.42 Å². The van der Waals surface area contributed by atoms with Crippen molar-refractivity contribution in [1.29, 1.82) is 0 Å². The SMILES string of the molecule is O=C1NC(=O)C(=Cc2ccc(OS(=O)(=O)c3ccc(F)cc3)cc2)S1. The van der Waals surface area contributed by atoms with Crippen LogP contribution >= 0.6 is 11.8 Å². The number of nitrogens with one attached hydrogen (secondary N) is 1. The van der Waals surface area contributed by atoms with Gasteiger partial charge in [0.25, 0.3) is 11.1 Å². The van der Waals surface area contributed by atoms with Gasteiger partial charge in [0.05, 0.1) is 4.91 Å². The van der Waals surface area contributed by atoms with Gasteiger partial charge >= 0.3 is 10.1 Å². The Bertz CT molecular complexity index is 967. The van der Waals surface area contributed by atoms with Gasteiger partial charge in [0.1, 0.15) is 16.5 Å². The van der Waals surface area contributed by atoms with E-state index in [1.165, 1.54) is 18.2 Å². The molecule has 3 rings (SSSR count). The lowest BCUT2D eigenvalue weighted by Gasteiger charge is -2.07. The summed E-state index contributed by atoms with van der Waals surface area (Å²) < 4.78 is 42.1. The van der Waals surface area contributed by atoms with Crippen LogP contribution in [0.3, 0.4) is 0 Å². The van der Waals surface area contributed by atoms with Crippen molar-refractivity contribution in [2.24, 2.45) is 0 Å². The second-order valence-corrected chi connectivity index (χ2v) is 7.47. The Kier molecular flexibility index (Phi) is 4.60. The lowest BCUT2D eigenvalue weighted by atomic mass is 10.2. The van der Waals surface area contributed by atoms with Crippen LogP contribution in [0.15, 0.2) is 58.3 Å². The molecular formula is C16H10FNO5S2. The van der Waals surface area contributed by atoms with E-state index in [0.29, 0.717) is 5.56 Å². The highest BCUT2D eigenvalue weighted by atomic mass is 32.2. The number of imide groups is 1. The van der Waals surface area contributed by atoms with Crippen LogP contribution < -0.4 is 9.50 Å². The highest BCUT2D eigenvalue weighted by Gasteiger charge is 2.25. The minimum absolute atomic E-state index is 0.0612. The highest BCUT2D eigenvalue weighted by molar-refractivity contribution is 8.18. The zero-order chi connectivity index (χ0) is 18.0. The van der Waals surface area contributed by atoms with E-state index in [4.69, 9.17) is 4.18 Å². The fraction of sp³-hybridized carbons (Fsp3) is 0. The fourth-order valence-corrected chi connectivity index (χ4v) is 3.58. The van der Waals surface area contributed by atoms with E-state index in [9.17, 15) is 22.4 Å². The van der Waals surface area contributed by atoms with Crippen molar-refractivity contribution in [2.45, 2.75) is 4.90 Å². The number of hydrogen-bond donors (Lipinski definition) is 1. The smallest absolute Gasteiger partial charge is 0.339 e. The summed E-state index contributed by atoms with van der Waals surface area (Å²) in [6.07, 6.45) is 1.50. The zero-order valence-corrected chi connectivity index (χ0v) is 14.1. The predicted octanol–water partition coefficient (Wildman–Crippen LogP) is 2.92. The standard InChI is InChI=1S/C16H10FNO5S2/c17-11-3-7-13(8-4-11)25(21,22)23-12-5-1-10(2-6-12)9-14-15(19)18-16(20)24-14/h1-9H,(H,18,19,20). The van der Waals surface area contributed by atoms with Gasteiger partial charge in [-0.3, -0.25) is 14.9 Å². The van der Waals surface area contributed by atoms with E-state index >= 15 is 0 Å². The van der Waals surface area contributed by atoms with Crippen molar-refractivity contribution in [3.63, 3.8) is 0 Å². The molecular weight excluding hydrogens is 369 g/mol. The maximum absolute atomic E-state index is 12.9. The zero-order valence-electron chi connectivity index (χ0n) is 12.4. The molecule has 2 aromatic rings. The first-order chi connectivity index (χ1) is 11.8. The maximum Gasteiger partial charge on any atom is 0.339 e. The van der Waals surface area contributed by atoms with Crippen LogP contribution in [-0.2, 0) is 14.9 Å². The average Bonchev–Trinajstić information content (AvgIpc) is 2.87. The first-order valence-corrected chi connectivity index (χ1v) is 9.11.